The Bertz CT molecular complexity index is 1040. The van der Waals surface area contributed by atoms with Crippen LogP contribution in [0.5, 0.6) is 0 Å². The predicted octanol–water partition coefficient (Wildman–Crippen LogP) is 4.65. The molecule has 2 aromatic rings. The summed E-state index contributed by atoms with van der Waals surface area (Å²) in [6.45, 7) is 4.00. The molecule has 1 atom stereocenters. The number of nitro groups is 1. The molecule has 1 fully saturated rings. The molecule has 0 radical (unpaired) electrons. The number of rotatable bonds is 6. The number of amidine groups is 1. The number of carbonyl (C=O) groups excluding carboxylic acids is 2. The number of non-ortho nitro benzene ring substituents is 1. The molecule has 1 saturated heterocycles. The number of amides is 2. The van der Waals surface area contributed by atoms with Gasteiger partial charge >= 0.3 is 0 Å². The van der Waals surface area contributed by atoms with Crippen LogP contribution in [0.25, 0.3) is 0 Å². The summed E-state index contributed by atoms with van der Waals surface area (Å²) in [7, 11) is 0. The van der Waals surface area contributed by atoms with E-state index in [1.165, 1.54) is 28.8 Å². The van der Waals surface area contributed by atoms with Crippen LogP contribution in [-0.4, -0.2) is 38.6 Å². The minimum Gasteiger partial charge on any atom is -0.325 e. The third-order valence-corrected chi connectivity index (χ3v) is 6.34. The molecule has 0 saturated carbocycles. The molecule has 0 aromatic heterocycles. The van der Waals surface area contributed by atoms with Crippen LogP contribution < -0.4 is 5.32 Å². The highest BCUT2D eigenvalue weighted by atomic mass is 79.9. The zero-order valence-corrected chi connectivity index (χ0v) is 18.7. The van der Waals surface area contributed by atoms with E-state index in [0.717, 1.165) is 10.0 Å². The van der Waals surface area contributed by atoms with Crippen molar-refractivity contribution in [3.8, 4) is 0 Å². The van der Waals surface area contributed by atoms with Crippen molar-refractivity contribution in [3.63, 3.8) is 0 Å². The second-order valence-corrected chi connectivity index (χ2v) is 8.57. The normalized spacial score (nSPS) is 17.4. The van der Waals surface area contributed by atoms with E-state index in [1.54, 1.807) is 25.1 Å². The number of hydrogen-bond donors (Lipinski definition) is 1. The Balaban J connectivity index is 1.79. The maximum atomic E-state index is 12.8. The molecule has 2 aromatic carbocycles. The lowest BCUT2D eigenvalue weighted by Gasteiger charge is -2.13. The third-order valence-electron chi connectivity index (χ3n) is 4.47. The summed E-state index contributed by atoms with van der Waals surface area (Å²) in [4.78, 5) is 41.8. The van der Waals surface area contributed by atoms with Gasteiger partial charge in [-0.1, -0.05) is 30.0 Å². The molecule has 1 heterocycles. The van der Waals surface area contributed by atoms with Gasteiger partial charge in [-0.25, -0.2) is 4.99 Å². The number of carbonyl (C=O) groups is 2. The number of nitro benzene ring substituents is 1. The molecule has 0 aliphatic carbocycles. The van der Waals surface area contributed by atoms with Gasteiger partial charge in [0.25, 0.3) is 5.69 Å². The Morgan fingerprint density at radius 2 is 2.07 bits per heavy atom. The molecule has 1 unspecified atom stereocenters. The Hall–Kier alpha value is -2.72. The summed E-state index contributed by atoms with van der Waals surface area (Å²) >= 11 is 4.57. The highest BCUT2D eigenvalue weighted by Crippen LogP contribution is 2.34. The number of hydrogen-bond acceptors (Lipinski definition) is 6. The van der Waals surface area contributed by atoms with Gasteiger partial charge in [0.2, 0.25) is 11.8 Å². The highest BCUT2D eigenvalue weighted by Gasteiger charge is 2.38. The zero-order chi connectivity index (χ0) is 21.8. The summed E-state index contributed by atoms with van der Waals surface area (Å²) in [5.41, 5.74) is 1.75. The summed E-state index contributed by atoms with van der Waals surface area (Å²) in [5.74, 6) is -0.483. The van der Waals surface area contributed by atoms with Crippen LogP contribution in [-0.2, 0) is 9.59 Å². The number of anilines is 1. The number of para-hydroxylation sites is 1. The first-order chi connectivity index (χ1) is 14.3. The predicted molar refractivity (Wildman–Crippen MR) is 121 cm³/mol. The smallest absolute Gasteiger partial charge is 0.271 e. The molecule has 1 N–H and O–H groups in total. The van der Waals surface area contributed by atoms with Crippen LogP contribution in [0.1, 0.15) is 18.9 Å². The van der Waals surface area contributed by atoms with Gasteiger partial charge in [0.05, 0.1) is 16.3 Å². The Kier molecular flexibility index (Phi) is 6.88. The fraction of sp³-hybridized carbons (Fsp3) is 0.250. The second kappa shape index (κ2) is 9.40. The Labute approximate surface area is 186 Å². The largest absolute Gasteiger partial charge is 0.325 e. The summed E-state index contributed by atoms with van der Waals surface area (Å²) < 4.78 is 0.752. The van der Waals surface area contributed by atoms with Crippen LogP contribution in [0, 0.1) is 17.0 Å². The van der Waals surface area contributed by atoms with Crippen molar-refractivity contribution in [2.24, 2.45) is 4.99 Å². The van der Waals surface area contributed by atoms with Gasteiger partial charge in [-0.2, -0.15) is 0 Å². The molecular weight excluding hydrogens is 472 g/mol. The standard InChI is InChI=1S/C20H19BrN4O4S/c1-3-24-19(27)17(11-18(26)22-15-7-5-4-6-14(15)21)30-20(24)23-16-10-13(25(28)29)9-8-12(16)2/h4-10,17H,3,11H2,1-2H3,(H,22,26). The van der Waals surface area contributed by atoms with Crippen LogP contribution in [0.2, 0.25) is 0 Å². The quantitative estimate of drug-likeness (QED) is 0.468. The van der Waals surface area contributed by atoms with E-state index in [2.05, 4.69) is 26.2 Å². The monoisotopic (exact) mass is 490 g/mol. The first kappa shape index (κ1) is 22.0. The number of benzene rings is 2. The molecule has 0 spiro atoms. The van der Waals surface area contributed by atoms with E-state index in [-0.39, 0.29) is 23.9 Å². The number of thioether (sulfide) groups is 1. The van der Waals surface area contributed by atoms with E-state index < -0.39 is 10.2 Å². The van der Waals surface area contributed by atoms with Crippen molar-refractivity contribution in [1.82, 2.24) is 4.90 Å². The van der Waals surface area contributed by atoms with Crippen LogP contribution in [0.3, 0.4) is 0 Å². The Morgan fingerprint density at radius 3 is 2.73 bits per heavy atom. The molecule has 0 bridgehead atoms. The zero-order valence-electron chi connectivity index (χ0n) is 16.3. The number of nitrogens with zero attached hydrogens (tertiary/aromatic N) is 3. The molecule has 1 aliphatic rings. The van der Waals surface area contributed by atoms with Gasteiger partial charge < -0.3 is 5.32 Å². The van der Waals surface area contributed by atoms with Crippen molar-refractivity contribution in [2.75, 3.05) is 11.9 Å². The molecule has 1 aliphatic heterocycles. The van der Waals surface area contributed by atoms with Gasteiger partial charge in [-0.05, 0) is 47.5 Å². The highest BCUT2D eigenvalue weighted by molar-refractivity contribution is 9.10. The van der Waals surface area contributed by atoms with Crippen molar-refractivity contribution in [2.45, 2.75) is 25.5 Å². The topological polar surface area (TPSA) is 105 Å². The maximum absolute atomic E-state index is 12.8. The molecule has 8 nitrogen and oxygen atoms in total. The van der Waals surface area contributed by atoms with Crippen LogP contribution >= 0.6 is 27.7 Å². The van der Waals surface area contributed by atoms with Gasteiger partial charge in [-0.3, -0.25) is 24.6 Å². The molecule has 156 valence electrons. The average molecular weight is 491 g/mol. The van der Waals surface area contributed by atoms with Gasteiger partial charge in [0, 0.05) is 29.6 Å². The van der Waals surface area contributed by atoms with Crippen molar-refractivity contribution >= 4 is 61.7 Å². The molecule has 2 amide bonds. The Morgan fingerprint density at radius 1 is 1.33 bits per heavy atom. The van der Waals surface area contributed by atoms with Crippen molar-refractivity contribution < 1.29 is 14.5 Å². The third kappa shape index (κ3) is 4.88. The summed E-state index contributed by atoms with van der Waals surface area (Å²) in [6, 6.07) is 11.6. The SMILES string of the molecule is CCN1C(=O)C(CC(=O)Nc2ccccc2Br)SC1=Nc1cc([N+](=O)[O-])ccc1C. The maximum Gasteiger partial charge on any atom is 0.271 e. The number of aryl methyl sites for hydroxylation is 1. The lowest BCUT2D eigenvalue weighted by atomic mass is 10.2. The number of nitrogens with one attached hydrogen (secondary N) is 1. The number of halogens is 1. The fourth-order valence-corrected chi connectivity index (χ4v) is 4.48. The summed E-state index contributed by atoms with van der Waals surface area (Å²) in [5, 5.41) is 13.7. The van der Waals surface area contributed by atoms with Crippen LogP contribution in [0.4, 0.5) is 17.1 Å². The second-order valence-electron chi connectivity index (χ2n) is 6.54. The lowest BCUT2D eigenvalue weighted by molar-refractivity contribution is -0.384. The van der Waals surface area contributed by atoms with Gasteiger partial charge in [0.1, 0.15) is 5.25 Å². The molecule has 30 heavy (non-hydrogen) atoms. The van der Waals surface area contributed by atoms with E-state index in [0.29, 0.717) is 23.1 Å². The lowest BCUT2D eigenvalue weighted by Crippen LogP contribution is -2.33. The average Bonchev–Trinajstić information content (AvgIpc) is 2.99. The minimum absolute atomic E-state index is 0.00568. The van der Waals surface area contributed by atoms with E-state index >= 15 is 0 Å². The van der Waals surface area contributed by atoms with Gasteiger partial charge in [-0.15, -0.1) is 0 Å². The van der Waals surface area contributed by atoms with Crippen molar-refractivity contribution in [1.29, 1.82) is 0 Å². The minimum atomic E-state index is -0.606. The molecular formula is C20H19BrN4O4S. The van der Waals surface area contributed by atoms with E-state index in [9.17, 15) is 19.7 Å². The van der Waals surface area contributed by atoms with E-state index in [4.69, 9.17) is 0 Å². The first-order valence-electron chi connectivity index (χ1n) is 9.16. The molecule has 10 heteroatoms. The van der Waals surface area contributed by atoms with Crippen LogP contribution in [0.15, 0.2) is 51.9 Å². The fourth-order valence-electron chi connectivity index (χ4n) is 2.88. The number of aliphatic imine (C=N–C) groups is 1. The summed E-state index contributed by atoms with van der Waals surface area (Å²) in [6.07, 6.45) is -0.00568. The van der Waals surface area contributed by atoms with Crippen molar-refractivity contribution in [3.05, 3.63) is 62.6 Å². The van der Waals surface area contributed by atoms with E-state index in [1.807, 2.05) is 19.1 Å². The molecule has 3 rings (SSSR count). The first-order valence-corrected chi connectivity index (χ1v) is 10.8. The van der Waals surface area contributed by atoms with Gasteiger partial charge in [0.15, 0.2) is 5.17 Å².